The number of hydrogen-bond acceptors (Lipinski definition) is 7. The summed E-state index contributed by atoms with van der Waals surface area (Å²) in [7, 11) is -9.50. The van der Waals surface area contributed by atoms with Gasteiger partial charge in [-0.1, -0.05) is 42.5 Å². The molecule has 7 nitrogen and oxygen atoms in total. The zero-order valence-electron chi connectivity index (χ0n) is 13.5. The maximum Gasteiger partial charge on any atom is 1.00 e. The molecule has 0 aromatic heterocycles. The van der Waals surface area contributed by atoms with Gasteiger partial charge >= 0.3 is 59.1 Å². The summed E-state index contributed by atoms with van der Waals surface area (Å²) in [6.45, 7) is 0. The van der Waals surface area contributed by atoms with Crippen LogP contribution in [-0.4, -0.2) is 25.9 Å². The van der Waals surface area contributed by atoms with E-state index in [-0.39, 0.29) is 75.9 Å². The van der Waals surface area contributed by atoms with Crippen LogP contribution in [0.3, 0.4) is 0 Å². The van der Waals surface area contributed by atoms with E-state index in [1.165, 1.54) is 48.6 Å². The van der Waals surface area contributed by atoms with Gasteiger partial charge in [-0.05, 0) is 23.3 Å². The molecule has 0 bridgehead atoms. The van der Waals surface area contributed by atoms with Gasteiger partial charge in [0, 0.05) is 5.69 Å². The quantitative estimate of drug-likeness (QED) is 0.236. The van der Waals surface area contributed by atoms with Crippen LogP contribution >= 0.6 is 0 Å². The zero-order valence-corrected chi connectivity index (χ0v) is 19.2. The molecule has 0 aliphatic carbocycles. The second-order valence-electron chi connectivity index (χ2n) is 4.54. The van der Waals surface area contributed by atoms with Gasteiger partial charge in [0.1, 0.15) is 20.2 Å². The molecule has 2 rings (SSSR count). The smallest absolute Gasteiger partial charge is 0.744 e. The van der Waals surface area contributed by atoms with Gasteiger partial charge in [-0.25, -0.2) is 16.8 Å². The fourth-order valence-electron chi connectivity index (χ4n) is 2.02. The van der Waals surface area contributed by atoms with Crippen molar-refractivity contribution >= 4 is 38.1 Å². The molecule has 0 aliphatic rings. The molecule has 11 heteroatoms. The van der Waals surface area contributed by atoms with E-state index in [1.807, 2.05) is 0 Å². The predicted octanol–water partition coefficient (Wildman–Crippen LogP) is -4.74. The Hall–Kier alpha value is -0.200. The normalized spacial score (nSPS) is 11.6. The Morgan fingerprint density at radius 3 is 1.84 bits per heavy atom. The third kappa shape index (κ3) is 6.47. The maximum atomic E-state index is 11.3. The van der Waals surface area contributed by atoms with E-state index in [9.17, 15) is 25.9 Å². The largest absolute Gasteiger partial charge is 1.00 e. The van der Waals surface area contributed by atoms with Crippen LogP contribution in [-0.2, 0) is 20.2 Å². The number of benzene rings is 2. The van der Waals surface area contributed by atoms with Crippen LogP contribution in [0.25, 0.3) is 12.2 Å². The zero-order chi connectivity index (χ0) is 17.3. The third-order valence-corrected chi connectivity index (χ3v) is 4.84. The molecule has 0 aliphatic heterocycles. The van der Waals surface area contributed by atoms with Crippen LogP contribution < -0.4 is 64.8 Å². The first-order valence-electron chi connectivity index (χ1n) is 6.18. The van der Waals surface area contributed by atoms with Crippen molar-refractivity contribution in [3.05, 3.63) is 53.6 Å². The molecule has 0 saturated heterocycles. The minimum atomic E-state index is -4.81. The minimum Gasteiger partial charge on any atom is -0.744 e. The molecule has 2 N–H and O–H groups in total. The van der Waals surface area contributed by atoms with Gasteiger partial charge < -0.3 is 14.8 Å². The van der Waals surface area contributed by atoms with Crippen LogP contribution in [0.2, 0.25) is 0 Å². The Morgan fingerprint density at radius 2 is 1.28 bits per heavy atom. The van der Waals surface area contributed by atoms with Crippen LogP contribution in [0.4, 0.5) is 5.69 Å². The average molecular weight is 399 g/mol. The van der Waals surface area contributed by atoms with E-state index in [0.29, 0.717) is 0 Å². The van der Waals surface area contributed by atoms with Crippen LogP contribution in [0.15, 0.2) is 52.3 Å². The van der Waals surface area contributed by atoms with Gasteiger partial charge in [0.25, 0.3) is 0 Å². The number of rotatable bonds is 4. The van der Waals surface area contributed by atoms with Crippen molar-refractivity contribution in [1.82, 2.24) is 0 Å². The van der Waals surface area contributed by atoms with Crippen LogP contribution in [0.5, 0.6) is 0 Å². The van der Waals surface area contributed by atoms with Crippen molar-refractivity contribution in [3.63, 3.8) is 0 Å². The van der Waals surface area contributed by atoms with Gasteiger partial charge in [0.2, 0.25) is 0 Å². The molecule has 0 amide bonds. The Labute approximate surface area is 190 Å². The molecular weight excluding hydrogens is 388 g/mol. The summed E-state index contributed by atoms with van der Waals surface area (Å²) in [5.74, 6) is 0. The summed E-state index contributed by atoms with van der Waals surface area (Å²) in [4.78, 5) is -1.05. The third-order valence-electron chi connectivity index (χ3n) is 2.96. The van der Waals surface area contributed by atoms with Crippen molar-refractivity contribution in [2.45, 2.75) is 9.79 Å². The first kappa shape index (κ1) is 24.8. The topological polar surface area (TPSA) is 140 Å². The molecule has 0 atom stereocenters. The number of nitrogens with two attached hydrogens (primary N) is 1. The summed E-state index contributed by atoms with van der Waals surface area (Å²) >= 11 is 0. The number of hydrogen-bond donors (Lipinski definition) is 1. The van der Waals surface area contributed by atoms with E-state index in [2.05, 4.69) is 0 Å². The average Bonchev–Trinajstić information content (AvgIpc) is 2.43. The van der Waals surface area contributed by atoms with Crippen molar-refractivity contribution < 1.29 is 85.1 Å². The first-order chi connectivity index (χ1) is 10.6. The molecule has 25 heavy (non-hydrogen) atoms. The van der Waals surface area contributed by atoms with Crippen molar-refractivity contribution in [1.29, 1.82) is 0 Å². The Kier molecular flexibility index (Phi) is 9.58. The van der Waals surface area contributed by atoms with Gasteiger partial charge in [-0.2, -0.15) is 0 Å². The summed E-state index contributed by atoms with van der Waals surface area (Å²) in [6, 6.07) is 9.45. The van der Waals surface area contributed by atoms with Gasteiger partial charge in [-0.3, -0.25) is 0 Å². The first-order valence-corrected chi connectivity index (χ1v) is 9.00. The van der Waals surface area contributed by atoms with E-state index in [0.717, 1.165) is 6.07 Å². The van der Waals surface area contributed by atoms with Gasteiger partial charge in [0.05, 0.1) is 9.79 Å². The molecule has 2 aromatic rings. The maximum absolute atomic E-state index is 11.3. The molecule has 122 valence electrons. The second-order valence-corrected chi connectivity index (χ2v) is 7.21. The van der Waals surface area contributed by atoms with Crippen molar-refractivity contribution in [2.24, 2.45) is 0 Å². The Morgan fingerprint density at radius 1 is 0.760 bits per heavy atom. The summed E-state index contributed by atoms with van der Waals surface area (Å²) in [6.07, 6.45) is 2.44. The van der Waals surface area contributed by atoms with E-state index < -0.39 is 30.0 Å². The fraction of sp³-hybridized carbons (Fsp3) is 0. The van der Waals surface area contributed by atoms with Crippen molar-refractivity contribution in [3.8, 4) is 0 Å². The molecule has 0 radical (unpaired) electrons. The predicted molar refractivity (Wildman–Crippen MR) is 82.2 cm³/mol. The van der Waals surface area contributed by atoms with Crippen LogP contribution in [0, 0.1) is 0 Å². The Bertz CT molecular complexity index is 988. The van der Waals surface area contributed by atoms with Crippen LogP contribution in [0.1, 0.15) is 11.1 Å². The molecule has 0 fully saturated rings. The monoisotopic (exact) mass is 399 g/mol. The summed E-state index contributed by atoms with van der Waals surface area (Å²) < 4.78 is 67.5. The summed E-state index contributed by atoms with van der Waals surface area (Å²) in [5.41, 5.74) is 5.37. The Balaban J connectivity index is 0.00000288. The SMILES string of the molecule is Nc1cccc(C=Cc2ccccc2S(=O)(=O)[O-])c1S(=O)(=O)[O-].[Na+].[Na+]. The molecular formula is C14H11NNa2O6S2. The minimum absolute atomic E-state index is 0. The number of anilines is 1. The van der Waals surface area contributed by atoms with Crippen molar-refractivity contribution in [2.75, 3.05) is 5.73 Å². The van der Waals surface area contributed by atoms with Gasteiger partial charge in [0.15, 0.2) is 0 Å². The molecule has 0 spiro atoms. The van der Waals surface area contributed by atoms with E-state index in [1.54, 1.807) is 0 Å². The molecule has 0 unspecified atom stereocenters. The van der Waals surface area contributed by atoms with Gasteiger partial charge in [-0.15, -0.1) is 0 Å². The molecule has 0 saturated carbocycles. The van der Waals surface area contributed by atoms with E-state index in [4.69, 9.17) is 5.73 Å². The summed E-state index contributed by atoms with van der Waals surface area (Å²) in [5, 5.41) is 0. The molecule has 2 aromatic carbocycles. The second kappa shape index (κ2) is 9.65. The fourth-order valence-corrected chi connectivity index (χ4v) is 3.47. The molecule has 0 heterocycles. The van der Waals surface area contributed by atoms with E-state index >= 15 is 0 Å². The number of nitrogen functional groups attached to an aromatic ring is 1. The standard InChI is InChI=1S/C14H13NO6S2.2Na/c15-12-6-3-5-11(14(12)23(19,20)21)9-8-10-4-1-2-7-13(10)22(16,17)18;;/h1-9H,15H2,(H,16,17,18)(H,19,20,21);;/q;2*+1/p-2.